The first-order valence-corrected chi connectivity index (χ1v) is 8.35. The molecule has 0 radical (unpaired) electrons. The van der Waals surface area contributed by atoms with Crippen molar-refractivity contribution in [3.63, 3.8) is 0 Å². The third-order valence-electron chi connectivity index (χ3n) is 4.58. The summed E-state index contributed by atoms with van der Waals surface area (Å²) in [6, 6.07) is 7.75. The Balaban J connectivity index is 1.42. The van der Waals surface area contributed by atoms with E-state index in [9.17, 15) is 4.79 Å². The van der Waals surface area contributed by atoms with E-state index in [1.165, 1.54) is 0 Å². The van der Waals surface area contributed by atoms with Crippen molar-refractivity contribution in [2.75, 3.05) is 19.8 Å². The maximum absolute atomic E-state index is 12.3. The van der Waals surface area contributed by atoms with Gasteiger partial charge < -0.3 is 14.8 Å². The van der Waals surface area contributed by atoms with Crippen LogP contribution in [-0.2, 0) is 20.7 Å². The third-order valence-corrected chi connectivity index (χ3v) is 4.95. The number of benzene rings is 1. The monoisotopic (exact) mass is 323 g/mol. The fraction of sp³-hybridized carbons (Fsp3) is 0.588. The summed E-state index contributed by atoms with van der Waals surface area (Å²) >= 11 is 6.12. The highest BCUT2D eigenvalue weighted by Crippen LogP contribution is 2.38. The van der Waals surface area contributed by atoms with Gasteiger partial charge in [-0.05, 0) is 30.9 Å². The minimum absolute atomic E-state index is 0.0738. The molecule has 1 heterocycles. The molecule has 2 fully saturated rings. The zero-order chi connectivity index (χ0) is 15.4. The molecule has 4 nitrogen and oxygen atoms in total. The standard InChI is InChI=1S/C17H22ClNO3/c18-15-4-2-1-3-13(15)7-10-19-16(20)14-5-8-17(9-6-14)21-11-12-22-17/h1-4,14H,5-12H2,(H,19,20). The Kier molecular flexibility index (Phi) is 5.01. The molecule has 120 valence electrons. The zero-order valence-electron chi connectivity index (χ0n) is 12.6. The summed E-state index contributed by atoms with van der Waals surface area (Å²) in [6.07, 6.45) is 4.05. The first kappa shape index (κ1) is 15.8. The van der Waals surface area contributed by atoms with E-state index in [2.05, 4.69) is 5.32 Å². The lowest BCUT2D eigenvalue weighted by Crippen LogP contribution is -2.40. The van der Waals surface area contributed by atoms with Crippen molar-refractivity contribution < 1.29 is 14.3 Å². The smallest absolute Gasteiger partial charge is 0.223 e. The Bertz CT molecular complexity index is 518. The second-order valence-electron chi connectivity index (χ2n) is 6.01. The molecule has 0 unspecified atom stereocenters. The summed E-state index contributed by atoms with van der Waals surface area (Å²) in [6.45, 7) is 1.97. The number of carbonyl (C=O) groups is 1. The van der Waals surface area contributed by atoms with E-state index in [0.29, 0.717) is 19.8 Å². The van der Waals surface area contributed by atoms with Gasteiger partial charge >= 0.3 is 0 Å². The topological polar surface area (TPSA) is 47.6 Å². The Labute approximate surface area is 136 Å². The molecule has 1 aliphatic heterocycles. The van der Waals surface area contributed by atoms with Crippen molar-refractivity contribution in [2.45, 2.75) is 37.9 Å². The van der Waals surface area contributed by atoms with Crippen LogP contribution in [0.3, 0.4) is 0 Å². The fourth-order valence-electron chi connectivity index (χ4n) is 3.27. The van der Waals surface area contributed by atoms with Crippen LogP contribution >= 0.6 is 11.6 Å². The minimum Gasteiger partial charge on any atom is -0.356 e. The molecule has 1 aromatic carbocycles. The molecule has 0 aromatic heterocycles. The molecule has 1 aromatic rings. The van der Waals surface area contributed by atoms with Crippen LogP contribution in [0.25, 0.3) is 0 Å². The van der Waals surface area contributed by atoms with Crippen LogP contribution in [0, 0.1) is 5.92 Å². The van der Waals surface area contributed by atoms with Crippen molar-refractivity contribution in [3.8, 4) is 0 Å². The van der Waals surface area contributed by atoms with Gasteiger partial charge in [-0.2, -0.15) is 0 Å². The number of hydrogen-bond acceptors (Lipinski definition) is 3. The lowest BCUT2D eigenvalue weighted by atomic mass is 9.84. The van der Waals surface area contributed by atoms with Gasteiger partial charge in [0.2, 0.25) is 5.91 Å². The summed E-state index contributed by atoms with van der Waals surface area (Å²) in [5.41, 5.74) is 1.07. The molecule has 1 aliphatic carbocycles. The van der Waals surface area contributed by atoms with Crippen molar-refractivity contribution in [1.29, 1.82) is 0 Å². The van der Waals surface area contributed by atoms with Crippen LogP contribution in [0.5, 0.6) is 0 Å². The first-order valence-electron chi connectivity index (χ1n) is 7.98. The van der Waals surface area contributed by atoms with Crippen LogP contribution in [-0.4, -0.2) is 31.5 Å². The van der Waals surface area contributed by atoms with Gasteiger partial charge in [0, 0.05) is 30.3 Å². The van der Waals surface area contributed by atoms with Crippen LogP contribution in [0.4, 0.5) is 0 Å². The number of rotatable bonds is 4. The average molecular weight is 324 g/mol. The Morgan fingerprint density at radius 2 is 1.91 bits per heavy atom. The molecule has 0 atom stereocenters. The summed E-state index contributed by atoms with van der Waals surface area (Å²) in [7, 11) is 0. The van der Waals surface area contributed by atoms with E-state index >= 15 is 0 Å². The maximum atomic E-state index is 12.3. The van der Waals surface area contributed by atoms with Crippen molar-refractivity contribution in [3.05, 3.63) is 34.9 Å². The summed E-state index contributed by atoms with van der Waals surface area (Å²) < 4.78 is 11.4. The molecular formula is C17H22ClNO3. The molecule has 5 heteroatoms. The van der Waals surface area contributed by atoms with Gasteiger partial charge in [0.25, 0.3) is 0 Å². The van der Waals surface area contributed by atoms with Gasteiger partial charge in [-0.3, -0.25) is 4.79 Å². The van der Waals surface area contributed by atoms with Crippen molar-refractivity contribution >= 4 is 17.5 Å². The predicted octanol–water partition coefficient (Wildman–Crippen LogP) is 2.93. The van der Waals surface area contributed by atoms with Gasteiger partial charge in [-0.1, -0.05) is 29.8 Å². The van der Waals surface area contributed by atoms with Crippen LogP contribution < -0.4 is 5.32 Å². The molecule has 1 saturated carbocycles. The van der Waals surface area contributed by atoms with Crippen LogP contribution in [0.15, 0.2) is 24.3 Å². The molecule has 1 saturated heterocycles. The first-order chi connectivity index (χ1) is 10.7. The molecule has 1 amide bonds. The van der Waals surface area contributed by atoms with E-state index in [0.717, 1.165) is 42.7 Å². The SMILES string of the molecule is O=C(NCCc1ccccc1Cl)C1CCC2(CC1)OCCO2. The molecule has 0 bridgehead atoms. The highest BCUT2D eigenvalue weighted by atomic mass is 35.5. The molecular weight excluding hydrogens is 302 g/mol. The van der Waals surface area contributed by atoms with Gasteiger partial charge in [-0.15, -0.1) is 0 Å². The zero-order valence-corrected chi connectivity index (χ0v) is 13.4. The molecule has 1 spiro atoms. The van der Waals surface area contributed by atoms with E-state index in [-0.39, 0.29) is 11.8 Å². The van der Waals surface area contributed by atoms with E-state index in [1.54, 1.807) is 0 Å². The lowest BCUT2D eigenvalue weighted by Gasteiger charge is -2.34. The van der Waals surface area contributed by atoms with Gasteiger partial charge in [0.05, 0.1) is 13.2 Å². The molecule has 22 heavy (non-hydrogen) atoms. The quantitative estimate of drug-likeness (QED) is 0.926. The minimum atomic E-state index is -0.395. The van der Waals surface area contributed by atoms with Gasteiger partial charge in [0.1, 0.15) is 0 Å². The number of ether oxygens (including phenoxy) is 2. The number of carbonyl (C=O) groups excluding carboxylic acids is 1. The number of hydrogen-bond donors (Lipinski definition) is 1. The summed E-state index contributed by atoms with van der Waals surface area (Å²) in [4.78, 5) is 12.3. The molecule has 3 rings (SSSR count). The number of nitrogens with one attached hydrogen (secondary N) is 1. The van der Waals surface area contributed by atoms with Crippen molar-refractivity contribution in [1.82, 2.24) is 5.32 Å². The van der Waals surface area contributed by atoms with Crippen molar-refractivity contribution in [2.24, 2.45) is 5.92 Å². The Morgan fingerprint density at radius 3 is 2.59 bits per heavy atom. The van der Waals surface area contributed by atoms with Crippen LogP contribution in [0.1, 0.15) is 31.2 Å². The third kappa shape index (κ3) is 3.62. The molecule has 1 N–H and O–H groups in total. The maximum Gasteiger partial charge on any atom is 0.223 e. The van der Waals surface area contributed by atoms with Gasteiger partial charge in [-0.25, -0.2) is 0 Å². The lowest BCUT2D eigenvalue weighted by molar-refractivity contribution is -0.183. The average Bonchev–Trinajstić information content (AvgIpc) is 2.98. The normalized spacial score (nSPS) is 21.1. The van der Waals surface area contributed by atoms with E-state index < -0.39 is 5.79 Å². The summed E-state index contributed by atoms with van der Waals surface area (Å²) in [5.74, 6) is -0.182. The van der Waals surface area contributed by atoms with Gasteiger partial charge in [0.15, 0.2) is 5.79 Å². The summed E-state index contributed by atoms with van der Waals surface area (Å²) in [5, 5.41) is 3.78. The second-order valence-corrected chi connectivity index (χ2v) is 6.42. The van der Waals surface area contributed by atoms with E-state index in [4.69, 9.17) is 21.1 Å². The fourth-order valence-corrected chi connectivity index (χ4v) is 3.50. The second kappa shape index (κ2) is 6.99. The predicted molar refractivity (Wildman–Crippen MR) is 84.8 cm³/mol. The van der Waals surface area contributed by atoms with E-state index in [1.807, 2.05) is 24.3 Å². The molecule has 2 aliphatic rings. The Morgan fingerprint density at radius 1 is 1.23 bits per heavy atom. The van der Waals surface area contributed by atoms with Crippen LogP contribution in [0.2, 0.25) is 5.02 Å². The highest BCUT2D eigenvalue weighted by molar-refractivity contribution is 6.31. The Hall–Kier alpha value is -1.10. The number of amides is 1. The largest absolute Gasteiger partial charge is 0.356 e. The highest BCUT2D eigenvalue weighted by Gasteiger charge is 2.41. The number of halogens is 1.